The first-order chi connectivity index (χ1) is 14.7. The molecule has 32 heavy (non-hydrogen) atoms. The molecule has 0 aliphatic carbocycles. The van der Waals surface area contributed by atoms with Gasteiger partial charge in [-0.15, -0.1) is 0 Å². The van der Waals surface area contributed by atoms with Crippen LogP contribution in [0.25, 0.3) is 0 Å². The molecule has 1 unspecified atom stereocenters. The van der Waals surface area contributed by atoms with E-state index in [1.165, 1.54) is 49.2 Å². The van der Waals surface area contributed by atoms with Crippen molar-refractivity contribution in [3.8, 4) is 0 Å². The van der Waals surface area contributed by atoms with Crippen LogP contribution in [0.1, 0.15) is 12.5 Å². The SMILES string of the molecule is CC(C(=O)Nc1ccc(S(N)(=O)=O)cc1)N(C)CC(=O)Nc1ccc(Cl)c(C(F)(F)F)c1. The highest BCUT2D eigenvalue weighted by Gasteiger charge is 2.33. The fraction of sp³-hybridized carbons (Fsp3) is 0.263. The van der Waals surface area contributed by atoms with Crippen LogP contribution in [0.2, 0.25) is 5.02 Å². The summed E-state index contributed by atoms with van der Waals surface area (Å²) in [6.07, 6.45) is -4.67. The minimum Gasteiger partial charge on any atom is -0.325 e. The predicted molar refractivity (Wildman–Crippen MR) is 114 cm³/mol. The Labute approximate surface area is 187 Å². The minimum atomic E-state index is -4.67. The quantitative estimate of drug-likeness (QED) is 0.548. The Kier molecular flexibility index (Phi) is 7.88. The molecule has 0 saturated heterocycles. The van der Waals surface area contributed by atoms with Gasteiger partial charge < -0.3 is 10.6 Å². The maximum atomic E-state index is 12.9. The molecule has 13 heteroatoms. The zero-order chi connectivity index (χ0) is 24.3. The lowest BCUT2D eigenvalue weighted by Crippen LogP contribution is -2.43. The molecule has 4 N–H and O–H groups in total. The maximum absolute atomic E-state index is 12.9. The van der Waals surface area contributed by atoms with Gasteiger partial charge in [0, 0.05) is 11.4 Å². The van der Waals surface area contributed by atoms with Crippen molar-refractivity contribution in [3.63, 3.8) is 0 Å². The number of anilines is 2. The molecular weight excluding hydrogens is 473 g/mol. The van der Waals surface area contributed by atoms with Crippen molar-refractivity contribution < 1.29 is 31.2 Å². The van der Waals surface area contributed by atoms with Crippen LogP contribution in [0, 0.1) is 0 Å². The van der Waals surface area contributed by atoms with E-state index >= 15 is 0 Å². The summed E-state index contributed by atoms with van der Waals surface area (Å²) in [5, 5.41) is 9.43. The number of hydrogen-bond acceptors (Lipinski definition) is 5. The second-order valence-electron chi connectivity index (χ2n) is 6.89. The molecule has 0 aliphatic heterocycles. The number of primary sulfonamides is 1. The van der Waals surface area contributed by atoms with Gasteiger partial charge in [-0.2, -0.15) is 13.2 Å². The van der Waals surface area contributed by atoms with Crippen LogP contribution in [0.3, 0.4) is 0 Å². The van der Waals surface area contributed by atoms with E-state index in [0.717, 1.165) is 12.1 Å². The Morgan fingerprint density at radius 1 is 1.09 bits per heavy atom. The number of sulfonamides is 1. The highest BCUT2D eigenvalue weighted by Crippen LogP contribution is 2.36. The lowest BCUT2D eigenvalue weighted by molar-refractivity contribution is -0.137. The molecule has 2 aromatic carbocycles. The number of hydrogen-bond donors (Lipinski definition) is 3. The highest BCUT2D eigenvalue weighted by atomic mass is 35.5. The summed E-state index contributed by atoms with van der Waals surface area (Å²) in [4.78, 5) is 25.9. The summed E-state index contributed by atoms with van der Waals surface area (Å²) in [6, 6.07) is 7.36. The first-order valence-corrected chi connectivity index (χ1v) is 10.9. The Morgan fingerprint density at radius 3 is 2.19 bits per heavy atom. The number of carbonyl (C=O) groups excluding carboxylic acids is 2. The molecule has 2 amide bonds. The molecule has 174 valence electrons. The van der Waals surface area contributed by atoms with E-state index in [0.29, 0.717) is 5.69 Å². The molecule has 2 rings (SSSR count). The number of nitrogens with zero attached hydrogens (tertiary/aromatic N) is 1. The number of carbonyl (C=O) groups is 2. The minimum absolute atomic E-state index is 0.0906. The molecule has 0 aromatic heterocycles. The molecular formula is C19H20ClF3N4O4S. The zero-order valence-corrected chi connectivity index (χ0v) is 18.5. The van der Waals surface area contributed by atoms with E-state index in [1.54, 1.807) is 0 Å². The standard InChI is InChI=1S/C19H20ClF3N4O4S/c1-11(18(29)26-12-3-6-14(7-4-12)32(24,30)31)27(2)10-17(28)25-13-5-8-16(20)15(9-13)19(21,22)23/h3-9,11H,10H2,1-2H3,(H,25,28)(H,26,29)(H2,24,30,31). The smallest absolute Gasteiger partial charge is 0.325 e. The van der Waals surface area contributed by atoms with Crippen LogP contribution < -0.4 is 15.8 Å². The van der Waals surface area contributed by atoms with Gasteiger partial charge in [0.15, 0.2) is 0 Å². The first-order valence-electron chi connectivity index (χ1n) is 8.99. The summed E-state index contributed by atoms with van der Waals surface area (Å²) in [5.41, 5.74) is -0.855. The highest BCUT2D eigenvalue weighted by molar-refractivity contribution is 7.89. The normalized spacial score (nSPS) is 13.0. The van der Waals surface area contributed by atoms with Gasteiger partial charge >= 0.3 is 6.18 Å². The maximum Gasteiger partial charge on any atom is 0.417 e. The third kappa shape index (κ3) is 6.92. The molecule has 8 nitrogen and oxygen atoms in total. The molecule has 2 aromatic rings. The van der Waals surface area contributed by atoms with Gasteiger partial charge in [0.05, 0.1) is 28.1 Å². The molecule has 0 fully saturated rings. The average Bonchev–Trinajstić information content (AvgIpc) is 2.67. The molecule has 0 aliphatic rings. The second-order valence-corrected chi connectivity index (χ2v) is 8.86. The van der Waals surface area contributed by atoms with Crippen LogP contribution in [0.15, 0.2) is 47.4 Å². The predicted octanol–water partition coefficient (Wildman–Crippen LogP) is 2.90. The van der Waals surface area contributed by atoms with E-state index in [-0.39, 0.29) is 17.1 Å². The average molecular weight is 493 g/mol. The number of nitrogens with one attached hydrogen (secondary N) is 2. The van der Waals surface area contributed by atoms with Crippen molar-refractivity contribution in [1.82, 2.24) is 4.90 Å². The number of alkyl halides is 3. The van der Waals surface area contributed by atoms with Crippen molar-refractivity contribution in [2.75, 3.05) is 24.2 Å². The van der Waals surface area contributed by atoms with E-state index in [9.17, 15) is 31.2 Å². The van der Waals surface area contributed by atoms with Gasteiger partial charge in [-0.3, -0.25) is 14.5 Å². The number of amides is 2. The van der Waals surface area contributed by atoms with E-state index in [2.05, 4.69) is 10.6 Å². The van der Waals surface area contributed by atoms with E-state index in [4.69, 9.17) is 16.7 Å². The second kappa shape index (κ2) is 9.86. The molecule has 1 atom stereocenters. The van der Waals surface area contributed by atoms with Gasteiger partial charge in [0.2, 0.25) is 21.8 Å². The number of halogens is 4. The van der Waals surface area contributed by atoms with Crippen molar-refractivity contribution in [3.05, 3.63) is 53.1 Å². The monoisotopic (exact) mass is 492 g/mol. The van der Waals surface area contributed by atoms with Gasteiger partial charge in [-0.05, 0) is 56.4 Å². The van der Waals surface area contributed by atoms with Crippen LogP contribution in [0.4, 0.5) is 24.5 Å². The van der Waals surface area contributed by atoms with Crippen molar-refractivity contribution in [2.45, 2.75) is 24.0 Å². The lowest BCUT2D eigenvalue weighted by Gasteiger charge is -2.23. The summed E-state index contributed by atoms with van der Waals surface area (Å²) in [7, 11) is -2.38. The zero-order valence-electron chi connectivity index (χ0n) is 16.9. The van der Waals surface area contributed by atoms with Crippen molar-refractivity contribution >= 4 is 44.8 Å². The number of likely N-dealkylation sites (N-methyl/N-ethyl adjacent to an activating group) is 1. The molecule has 0 heterocycles. The molecule has 0 saturated carbocycles. The van der Waals surface area contributed by atoms with Crippen LogP contribution in [-0.4, -0.2) is 44.8 Å². The number of rotatable bonds is 7. The summed E-state index contributed by atoms with van der Waals surface area (Å²) in [5.74, 6) is -1.13. The largest absolute Gasteiger partial charge is 0.417 e. The molecule has 0 spiro atoms. The van der Waals surface area contributed by atoms with E-state index < -0.39 is 44.6 Å². The third-order valence-corrected chi connectivity index (χ3v) is 5.70. The Morgan fingerprint density at radius 2 is 1.66 bits per heavy atom. The van der Waals surface area contributed by atoms with Crippen LogP contribution in [-0.2, 0) is 25.8 Å². The van der Waals surface area contributed by atoms with Crippen LogP contribution in [0.5, 0.6) is 0 Å². The van der Waals surface area contributed by atoms with Crippen LogP contribution >= 0.6 is 11.6 Å². The Bertz CT molecular complexity index is 1110. The fourth-order valence-electron chi connectivity index (χ4n) is 2.56. The fourth-order valence-corrected chi connectivity index (χ4v) is 3.30. The third-order valence-electron chi connectivity index (χ3n) is 4.44. The van der Waals surface area contributed by atoms with Gasteiger partial charge in [-0.1, -0.05) is 11.6 Å². The van der Waals surface area contributed by atoms with Crippen molar-refractivity contribution in [2.24, 2.45) is 5.14 Å². The first kappa shape index (κ1) is 25.6. The Balaban J connectivity index is 1.97. The van der Waals surface area contributed by atoms with Gasteiger partial charge in [0.25, 0.3) is 0 Å². The summed E-state index contributed by atoms with van der Waals surface area (Å²) >= 11 is 5.55. The number of benzene rings is 2. The summed E-state index contributed by atoms with van der Waals surface area (Å²) < 4.78 is 61.4. The van der Waals surface area contributed by atoms with Gasteiger partial charge in [0.1, 0.15) is 0 Å². The molecule has 0 radical (unpaired) electrons. The van der Waals surface area contributed by atoms with Crippen molar-refractivity contribution in [1.29, 1.82) is 0 Å². The Hall–Kier alpha value is -2.67. The lowest BCUT2D eigenvalue weighted by atomic mass is 10.2. The number of nitrogens with two attached hydrogens (primary N) is 1. The molecule has 0 bridgehead atoms. The van der Waals surface area contributed by atoms with E-state index in [1.807, 2.05) is 0 Å². The van der Waals surface area contributed by atoms with Gasteiger partial charge in [-0.25, -0.2) is 13.6 Å². The topological polar surface area (TPSA) is 122 Å². The summed E-state index contributed by atoms with van der Waals surface area (Å²) in [6.45, 7) is 1.23.